The molecule has 0 bridgehead atoms. The molecule has 1 unspecified atom stereocenters. The normalized spacial score (nSPS) is 19.3. The minimum atomic E-state index is -1.58. The Morgan fingerprint density at radius 3 is 2.39 bits per heavy atom. The van der Waals surface area contributed by atoms with Gasteiger partial charge in [0.1, 0.15) is 11.9 Å². The molecule has 1 heterocycles. The Bertz CT molecular complexity index is 664. The Labute approximate surface area is 166 Å². The molecule has 0 aliphatic carbocycles. The summed E-state index contributed by atoms with van der Waals surface area (Å²) in [5.74, 6) is -1.19. The van der Waals surface area contributed by atoms with Crippen molar-refractivity contribution in [2.75, 3.05) is 31.6 Å². The SMILES string of the molecule is COc1ccc(N2CCN(C(=O)[C@@H](CC(C)C)[C@H](O)C(=O)NO)C(C)C2)cc1. The van der Waals surface area contributed by atoms with Crippen LogP contribution < -0.4 is 15.1 Å². The second-order valence-corrected chi connectivity index (χ2v) is 7.68. The Morgan fingerprint density at radius 2 is 1.89 bits per heavy atom. The largest absolute Gasteiger partial charge is 0.497 e. The van der Waals surface area contributed by atoms with Gasteiger partial charge in [0.15, 0.2) is 0 Å². The van der Waals surface area contributed by atoms with Gasteiger partial charge in [-0.1, -0.05) is 13.8 Å². The number of carbonyl (C=O) groups is 2. The van der Waals surface area contributed by atoms with Crippen LogP contribution >= 0.6 is 0 Å². The highest BCUT2D eigenvalue weighted by atomic mass is 16.5. The third-order valence-electron chi connectivity index (χ3n) is 5.15. The highest BCUT2D eigenvalue weighted by Crippen LogP contribution is 2.25. The second kappa shape index (κ2) is 9.75. The highest BCUT2D eigenvalue weighted by Gasteiger charge is 2.38. The van der Waals surface area contributed by atoms with Crippen LogP contribution in [0.4, 0.5) is 5.69 Å². The van der Waals surface area contributed by atoms with Crippen molar-refractivity contribution in [2.24, 2.45) is 11.8 Å². The maximum absolute atomic E-state index is 13.1. The standard InChI is InChI=1S/C20H31N3O5/c1-13(2)11-17(18(24)19(25)21-27)20(26)23-10-9-22(12-14(23)3)15-5-7-16(28-4)8-6-15/h5-8,13-14,17-18,24,27H,9-12H2,1-4H3,(H,21,25)/t14?,17-,18-/m0/s1. The van der Waals surface area contributed by atoms with Crippen LogP contribution in [0.1, 0.15) is 27.2 Å². The van der Waals surface area contributed by atoms with Crippen LogP contribution in [0, 0.1) is 11.8 Å². The molecule has 1 aliphatic rings. The summed E-state index contributed by atoms with van der Waals surface area (Å²) in [5, 5.41) is 19.1. The number of methoxy groups -OCH3 is 1. The van der Waals surface area contributed by atoms with Crippen molar-refractivity contribution in [3.05, 3.63) is 24.3 Å². The fourth-order valence-electron chi connectivity index (χ4n) is 3.65. The number of aliphatic hydroxyl groups is 1. The van der Waals surface area contributed by atoms with Crippen molar-refractivity contribution in [1.82, 2.24) is 10.4 Å². The minimum Gasteiger partial charge on any atom is -0.497 e. The van der Waals surface area contributed by atoms with E-state index in [9.17, 15) is 14.7 Å². The number of benzene rings is 1. The van der Waals surface area contributed by atoms with Gasteiger partial charge in [-0.15, -0.1) is 0 Å². The first-order chi connectivity index (χ1) is 13.3. The summed E-state index contributed by atoms with van der Waals surface area (Å²) in [5.41, 5.74) is 2.50. The van der Waals surface area contributed by atoms with Gasteiger partial charge in [0.05, 0.1) is 13.0 Å². The van der Waals surface area contributed by atoms with Crippen LogP contribution in [-0.2, 0) is 9.59 Å². The van der Waals surface area contributed by atoms with E-state index in [1.807, 2.05) is 45.0 Å². The number of anilines is 1. The van der Waals surface area contributed by atoms with Gasteiger partial charge in [0.25, 0.3) is 5.91 Å². The fraction of sp³-hybridized carbons (Fsp3) is 0.600. The molecule has 8 heteroatoms. The van der Waals surface area contributed by atoms with E-state index in [0.29, 0.717) is 26.1 Å². The molecular weight excluding hydrogens is 362 g/mol. The zero-order valence-corrected chi connectivity index (χ0v) is 17.0. The third kappa shape index (κ3) is 5.14. The lowest BCUT2D eigenvalue weighted by molar-refractivity contribution is -0.152. The lowest BCUT2D eigenvalue weighted by Gasteiger charge is -2.42. The number of hydrogen-bond donors (Lipinski definition) is 3. The van der Waals surface area contributed by atoms with E-state index in [2.05, 4.69) is 4.90 Å². The number of carbonyl (C=O) groups excluding carboxylic acids is 2. The van der Waals surface area contributed by atoms with Crippen LogP contribution in [0.2, 0.25) is 0 Å². The predicted octanol–water partition coefficient (Wildman–Crippen LogP) is 1.26. The average molecular weight is 393 g/mol. The molecule has 1 aromatic rings. The molecule has 1 fully saturated rings. The highest BCUT2D eigenvalue weighted by molar-refractivity contribution is 5.89. The number of piperazine rings is 1. The smallest absolute Gasteiger partial charge is 0.272 e. The van der Waals surface area contributed by atoms with Crippen molar-refractivity contribution in [2.45, 2.75) is 39.3 Å². The molecule has 0 spiro atoms. The number of hydrogen-bond acceptors (Lipinski definition) is 6. The van der Waals surface area contributed by atoms with Crippen molar-refractivity contribution in [3.8, 4) is 5.75 Å². The molecule has 1 saturated heterocycles. The molecule has 8 nitrogen and oxygen atoms in total. The van der Waals surface area contributed by atoms with Gasteiger partial charge in [-0.25, -0.2) is 5.48 Å². The quantitative estimate of drug-likeness (QED) is 0.476. The molecule has 1 aromatic carbocycles. The first-order valence-electron chi connectivity index (χ1n) is 9.60. The van der Waals surface area contributed by atoms with Crippen LogP contribution in [0.3, 0.4) is 0 Å². The zero-order chi connectivity index (χ0) is 20.8. The molecule has 2 rings (SSSR count). The van der Waals surface area contributed by atoms with E-state index < -0.39 is 17.9 Å². The van der Waals surface area contributed by atoms with Gasteiger partial charge in [-0.05, 0) is 43.5 Å². The average Bonchev–Trinajstić information content (AvgIpc) is 2.70. The fourth-order valence-corrected chi connectivity index (χ4v) is 3.65. The molecular formula is C20H31N3O5. The summed E-state index contributed by atoms with van der Waals surface area (Å²) in [6.45, 7) is 7.60. The Kier molecular flexibility index (Phi) is 7.65. The van der Waals surface area contributed by atoms with Gasteiger partial charge in [0.2, 0.25) is 5.91 Å². The van der Waals surface area contributed by atoms with Crippen molar-refractivity contribution in [3.63, 3.8) is 0 Å². The maximum atomic E-state index is 13.1. The molecule has 3 atom stereocenters. The number of nitrogens with one attached hydrogen (secondary N) is 1. The number of rotatable bonds is 7. The predicted molar refractivity (Wildman–Crippen MR) is 105 cm³/mol. The molecule has 0 aromatic heterocycles. The van der Waals surface area contributed by atoms with Gasteiger partial charge in [0, 0.05) is 31.4 Å². The number of nitrogens with zero attached hydrogens (tertiary/aromatic N) is 2. The van der Waals surface area contributed by atoms with Crippen LogP contribution in [0.15, 0.2) is 24.3 Å². The first kappa shape index (κ1) is 22.0. The van der Waals surface area contributed by atoms with Crippen LogP contribution in [-0.4, -0.2) is 65.9 Å². The molecule has 2 amide bonds. The molecule has 156 valence electrons. The van der Waals surface area contributed by atoms with E-state index in [4.69, 9.17) is 9.94 Å². The Balaban J connectivity index is 2.09. The lowest BCUT2D eigenvalue weighted by Crippen LogP contribution is -2.57. The summed E-state index contributed by atoms with van der Waals surface area (Å²) in [6.07, 6.45) is -1.22. The van der Waals surface area contributed by atoms with E-state index in [0.717, 1.165) is 11.4 Å². The molecule has 3 N–H and O–H groups in total. The van der Waals surface area contributed by atoms with Gasteiger partial charge < -0.3 is 19.6 Å². The summed E-state index contributed by atoms with van der Waals surface area (Å²) in [7, 11) is 1.63. The van der Waals surface area contributed by atoms with Crippen molar-refractivity contribution in [1.29, 1.82) is 0 Å². The van der Waals surface area contributed by atoms with Gasteiger partial charge in [-0.2, -0.15) is 0 Å². The summed E-state index contributed by atoms with van der Waals surface area (Å²) in [6, 6.07) is 7.70. The minimum absolute atomic E-state index is 0.0811. The number of hydroxylamine groups is 1. The molecule has 0 saturated carbocycles. The number of ether oxygens (including phenoxy) is 1. The summed E-state index contributed by atoms with van der Waals surface area (Å²) < 4.78 is 5.19. The number of amides is 2. The monoisotopic (exact) mass is 393 g/mol. The van der Waals surface area contributed by atoms with Gasteiger partial charge in [-0.3, -0.25) is 14.8 Å². The lowest BCUT2D eigenvalue weighted by atomic mass is 9.89. The Hall–Kier alpha value is -2.32. The maximum Gasteiger partial charge on any atom is 0.272 e. The van der Waals surface area contributed by atoms with Gasteiger partial charge >= 0.3 is 0 Å². The van der Waals surface area contributed by atoms with E-state index in [-0.39, 0.29) is 17.9 Å². The van der Waals surface area contributed by atoms with Crippen LogP contribution in [0.5, 0.6) is 5.75 Å². The van der Waals surface area contributed by atoms with Crippen LogP contribution in [0.25, 0.3) is 0 Å². The van der Waals surface area contributed by atoms with Crippen molar-refractivity contribution >= 4 is 17.5 Å². The summed E-state index contributed by atoms with van der Waals surface area (Å²) >= 11 is 0. The van der Waals surface area contributed by atoms with E-state index in [1.165, 1.54) is 5.48 Å². The second-order valence-electron chi connectivity index (χ2n) is 7.68. The third-order valence-corrected chi connectivity index (χ3v) is 5.15. The van der Waals surface area contributed by atoms with Crippen molar-refractivity contribution < 1.29 is 24.6 Å². The van der Waals surface area contributed by atoms with E-state index in [1.54, 1.807) is 12.0 Å². The Morgan fingerprint density at radius 1 is 1.25 bits per heavy atom. The molecule has 1 aliphatic heterocycles. The van der Waals surface area contributed by atoms with E-state index >= 15 is 0 Å². The zero-order valence-electron chi connectivity index (χ0n) is 17.0. The summed E-state index contributed by atoms with van der Waals surface area (Å²) in [4.78, 5) is 28.7. The first-order valence-corrected chi connectivity index (χ1v) is 9.60. The topological polar surface area (TPSA) is 102 Å². The number of aliphatic hydroxyl groups excluding tert-OH is 1. The molecule has 0 radical (unpaired) electrons. The molecule has 28 heavy (non-hydrogen) atoms.